The minimum Gasteiger partial charge on any atom is -0.338 e. The average Bonchev–Trinajstić information content (AvgIpc) is 3.12. The summed E-state index contributed by atoms with van der Waals surface area (Å²) in [5.41, 5.74) is 2.61. The van der Waals surface area contributed by atoms with Gasteiger partial charge in [-0.1, -0.05) is 24.1 Å². The van der Waals surface area contributed by atoms with Crippen molar-refractivity contribution in [1.82, 2.24) is 15.1 Å². The third-order valence-corrected chi connectivity index (χ3v) is 4.72. The molecule has 140 valence electrons. The normalized spacial score (nSPS) is 15.3. The molecular weight excluding hydrogens is 360 g/mol. The van der Waals surface area contributed by atoms with Crippen molar-refractivity contribution in [1.29, 1.82) is 0 Å². The number of carbonyl (C=O) groups excluding carboxylic acids is 1. The number of halogens is 2. The summed E-state index contributed by atoms with van der Waals surface area (Å²) in [6.45, 7) is 0. The Morgan fingerprint density at radius 3 is 2.79 bits per heavy atom. The standard InChI is InChI=1S/C22H17F2N3O/c23-16-10-11-21(18(24)13-16)27-20-8-4-7-19(17(20)14-25-27)26-22(28)12-9-15-5-2-1-3-6-15/h1-3,5-6,10-11,13-14,19H,4,7-8H2,(H,26,28). The zero-order valence-electron chi connectivity index (χ0n) is 15.0. The van der Waals surface area contributed by atoms with Crippen molar-refractivity contribution in [2.45, 2.75) is 25.3 Å². The fraction of sp³-hybridized carbons (Fsp3) is 0.182. The van der Waals surface area contributed by atoms with E-state index in [1.54, 1.807) is 6.20 Å². The first-order chi connectivity index (χ1) is 13.6. The van der Waals surface area contributed by atoms with Crippen LogP contribution in [0.5, 0.6) is 0 Å². The Morgan fingerprint density at radius 1 is 1.18 bits per heavy atom. The van der Waals surface area contributed by atoms with Crippen LogP contribution >= 0.6 is 0 Å². The predicted octanol–water partition coefficient (Wildman–Crippen LogP) is 3.70. The second kappa shape index (κ2) is 7.65. The molecule has 0 bridgehead atoms. The molecule has 0 saturated heterocycles. The van der Waals surface area contributed by atoms with E-state index in [-0.39, 0.29) is 17.6 Å². The summed E-state index contributed by atoms with van der Waals surface area (Å²) in [6, 6.07) is 12.4. The summed E-state index contributed by atoms with van der Waals surface area (Å²) >= 11 is 0. The van der Waals surface area contributed by atoms with Crippen LogP contribution in [0.3, 0.4) is 0 Å². The lowest BCUT2D eigenvalue weighted by molar-refractivity contribution is -0.116. The van der Waals surface area contributed by atoms with Gasteiger partial charge in [-0.05, 0) is 43.5 Å². The Bertz CT molecular complexity index is 1080. The van der Waals surface area contributed by atoms with Gasteiger partial charge in [0, 0.05) is 28.8 Å². The van der Waals surface area contributed by atoms with Crippen molar-refractivity contribution >= 4 is 5.91 Å². The number of hydrogen-bond donors (Lipinski definition) is 1. The summed E-state index contributed by atoms with van der Waals surface area (Å²) in [7, 11) is 0. The lowest BCUT2D eigenvalue weighted by Crippen LogP contribution is -2.30. The molecule has 0 fully saturated rings. The van der Waals surface area contributed by atoms with Crippen LogP contribution in [0.1, 0.15) is 35.7 Å². The van der Waals surface area contributed by atoms with E-state index in [9.17, 15) is 13.6 Å². The molecule has 1 N–H and O–H groups in total. The molecule has 1 atom stereocenters. The molecule has 1 aliphatic rings. The van der Waals surface area contributed by atoms with Crippen LogP contribution in [-0.2, 0) is 11.2 Å². The van der Waals surface area contributed by atoms with E-state index < -0.39 is 11.6 Å². The van der Waals surface area contributed by atoms with E-state index in [0.29, 0.717) is 6.42 Å². The Hall–Kier alpha value is -3.46. The van der Waals surface area contributed by atoms with Gasteiger partial charge in [-0.3, -0.25) is 4.79 Å². The lowest BCUT2D eigenvalue weighted by Gasteiger charge is -2.23. The van der Waals surface area contributed by atoms with Gasteiger partial charge in [-0.15, -0.1) is 0 Å². The Morgan fingerprint density at radius 2 is 2.00 bits per heavy atom. The van der Waals surface area contributed by atoms with Crippen molar-refractivity contribution in [2.24, 2.45) is 0 Å². The molecule has 1 aromatic heterocycles. The first-order valence-corrected chi connectivity index (χ1v) is 9.01. The van der Waals surface area contributed by atoms with E-state index in [1.807, 2.05) is 30.3 Å². The van der Waals surface area contributed by atoms with Crippen LogP contribution in [0, 0.1) is 23.5 Å². The summed E-state index contributed by atoms with van der Waals surface area (Å²) in [6.07, 6.45) is 3.91. The zero-order chi connectivity index (χ0) is 19.5. The Labute approximate surface area is 161 Å². The average molecular weight is 377 g/mol. The summed E-state index contributed by atoms with van der Waals surface area (Å²) in [5.74, 6) is 3.75. The Kier molecular flexibility index (Phi) is 4.90. The third-order valence-electron chi connectivity index (χ3n) is 4.72. The van der Waals surface area contributed by atoms with E-state index in [0.717, 1.165) is 35.7 Å². The summed E-state index contributed by atoms with van der Waals surface area (Å²) < 4.78 is 28.8. The van der Waals surface area contributed by atoms with Crippen molar-refractivity contribution < 1.29 is 13.6 Å². The molecule has 0 aliphatic heterocycles. The topological polar surface area (TPSA) is 46.9 Å². The number of rotatable bonds is 2. The van der Waals surface area contributed by atoms with Crippen LogP contribution in [0.25, 0.3) is 5.69 Å². The number of aromatic nitrogens is 2. The lowest BCUT2D eigenvalue weighted by atomic mass is 9.93. The second-order valence-corrected chi connectivity index (χ2v) is 6.59. The molecule has 3 aromatic rings. The van der Waals surface area contributed by atoms with Gasteiger partial charge in [0.15, 0.2) is 5.82 Å². The number of nitrogens with one attached hydrogen (secondary N) is 1. The first kappa shape index (κ1) is 17.9. The van der Waals surface area contributed by atoms with Gasteiger partial charge in [-0.2, -0.15) is 5.10 Å². The summed E-state index contributed by atoms with van der Waals surface area (Å²) in [5, 5.41) is 7.19. The first-order valence-electron chi connectivity index (χ1n) is 9.01. The Balaban J connectivity index is 1.56. The maximum atomic E-state index is 14.2. The minimum absolute atomic E-state index is 0.193. The van der Waals surface area contributed by atoms with Gasteiger partial charge < -0.3 is 5.32 Å². The van der Waals surface area contributed by atoms with Crippen molar-refractivity contribution in [3.63, 3.8) is 0 Å². The van der Waals surface area contributed by atoms with Gasteiger partial charge in [0.05, 0.1) is 12.2 Å². The van der Waals surface area contributed by atoms with E-state index >= 15 is 0 Å². The molecule has 1 amide bonds. The molecule has 1 aliphatic carbocycles. The van der Waals surface area contributed by atoms with Crippen molar-refractivity contribution in [2.75, 3.05) is 0 Å². The summed E-state index contributed by atoms with van der Waals surface area (Å²) in [4.78, 5) is 12.2. The van der Waals surface area contributed by atoms with Crippen LogP contribution in [-0.4, -0.2) is 15.7 Å². The van der Waals surface area contributed by atoms with Gasteiger partial charge in [0.1, 0.15) is 11.5 Å². The van der Waals surface area contributed by atoms with E-state index in [1.165, 1.54) is 16.8 Å². The highest BCUT2D eigenvalue weighted by Crippen LogP contribution is 2.31. The number of carbonyl (C=O) groups is 1. The molecule has 0 radical (unpaired) electrons. The van der Waals surface area contributed by atoms with Crippen LogP contribution in [0.4, 0.5) is 8.78 Å². The molecule has 4 rings (SSSR count). The number of hydrogen-bond acceptors (Lipinski definition) is 2. The fourth-order valence-electron chi connectivity index (χ4n) is 3.41. The van der Waals surface area contributed by atoms with Crippen LogP contribution in [0.2, 0.25) is 0 Å². The maximum absolute atomic E-state index is 14.2. The molecule has 28 heavy (non-hydrogen) atoms. The molecule has 2 aromatic carbocycles. The molecule has 1 unspecified atom stereocenters. The monoisotopic (exact) mass is 377 g/mol. The van der Waals surface area contributed by atoms with Gasteiger partial charge >= 0.3 is 0 Å². The zero-order valence-corrected chi connectivity index (χ0v) is 15.0. The number of fused-ring (bicyclic) bond motifs is 1. The highest BCUT2D eigenvalue weighted by molar-refractivity contribution is 5.94. The quantitative estimate of drug-likeness (QED) is 0.693. The van der Waals surface area contributed by atoms with Gasteiger partial charge in [0.2, 0.25) is 0 Å². The van der Waals surface area contributed by atoms with Crippen molar-refractivity contribution in [3.8, 4) is 17.5 Å². The molecular formula is C22H17F2N3O. The predicted molar refractivity (Wildman–Crippen MR) is 101 cm³/mol. The largest absolute Gasteiger partial charge is 0.338 e. The third kappa shape index (κ3) is 3.65. The van der Waals surface area contributed by atoms with Gasteiger partial charge in [-0.25, -0.2) is 13.5 Å². The number of nitrogens with zero attached hydrogens (tertiary/aromatic N) is 2. The highest BCUT2D eigenvalue weighted by atomic mass is 19.1. The maximum Gasteiger partial charge on any atom is 0.296 e. The number of benzene rings is 2. The van der Waals surface area contributed by atoms with Crippen LogP contribution in [0.15, 0.2) is 54.7 Å². The minimum atomic E-state index is -0.675. The SMILES string of the molecule is O=C(C#Cc1ccccc1)NC1CCCc2c1cnn2-c1ccc(F)cc1F. The molecule has 4 nitrogen and oxygen atoms in total. The molecule has 0 saturated carbocycles. The van der Waals surface area contributed by atoms with E-state index in [4.69, 9.17) is 0 Å². The van der Waals surface area contributed by atoms with Crippen LogP contribution < -0.4 is 5.32 Å². The number of amides is 1. The molecule has 1 heterocycles. The smallest absolute Gasteiger partial charge is 0.296 e. The highest BCUT2D eigenvalue weighted by Gasteiger charge is 2.26. The second-order valence-electron chi connectivity index (χ2n) is 6.59. The molecule has 6 heteroatoms. The molecule has 0 spiro atoms. The van der Waals surface area contributed by atoms with E-state index in [2.05, 4.69) is 22.3 Å². The fourth-order valence-corrected chi connectivity index (χ4v) is 3.41. The van der Waals surface area contributed by atoms with Crippen molar-refractivity contribution in [3.05, 3.63) is 83.2 Å². The van der Waals surface area contributed by atoms with Gasteiger partial charge in [0.25, 0.3) is 5.91 Å².